The van der Waals surface area contributed by atoms with Crippen molar-refractivity contribution in [3.05, 3.63) is 52.6 Å². The Kier molecular flexibility index (Phi) is 6.89. The van der Waals surface area contributed by atoms with Gasteiger partial charge in [0, 0.05) is 28.9 Å². The summed E-state index contributed by atoms with van der Waals surface area (Å²) in [5.74, 6) is 1.49. The van der Waals surface area contributed by atoms with Crippen LogP contribution in [0.1, 0.15) is 56.3 Å². The molecule has 1 fully saturated rings. The van der Waals surface area contributed by atoms with Gasteiger partial charge in [-0.2, -0.15) is 0 Å². The zero-order chi connectivity index (χ0) is 19.2. The van der Waals surface area contributed by atoms with E-state index in [9.17, 15) is 4.79 Å². The molecule has 0 saturated heterocycles. The number of pyridine rings is 1. The van der Waals surface area contributed by atoms with Crippen LogP contribution in [-0.4, -0.2) is 23.5 Å². The van der Waals surface area contributed by atoms with Crippen molar-refractivity contribution in [3.8, 4) is 0 Å². The van der Waals surface area contributed by atoms with Crippen LogP contribution in [0.4, 0.5) is 11.5 Å². The second-order valence-corrected chi connectivity index (χ2v) is 8.54. The Morgan fingerprint density at radius 1 is 1.22 bits per heavy atom. The molecule has 0 radical (unpaired) electrons. The normalized spacial score (nSPS) is 15.0. The van der Waals surface area contributed by atoms with E-state index in [1.807, 2.05) is 32.0 Å². The minimum absolute atomic E-state index is 0.0784. The molecule has 1 amide bonds. The summed E-state index contributed by atoms with van der Waals surface area (Å²) in [6, 6.07) is 12.3. The van der Waals surface area contributed by atoms with Gasteiger partial charge in [-0.1, -0.05) is 41.3 Å². The lowest BCUT2D eigenvalue weighted by Gasteiger charge is -2.31. The maximum Gasteiger partial charge on any atom is 0.253 e. The lowest BCUT2D eigenvalue weighted by Crippen LogP contribution is -2.30. The maximum absolute atomic E-state index is 12.2. The van der Waals surface area contributed by atoms with Crippen molar-refractivity contribution in [1.82, 2.24) is 10.3 Å². The standard InChI is InChI=1S/C22H28BrN3O/c1-16(2)25-22(27)18-11-12-21(24-14-18)26(15-17-7-4-3-5-8-17)20-10-6-9-19(23)13-20/h6,9-14,16-17H,3-5,7-8,15H2,1-2H3,(H,25,27). The van der Waals surface area contributed by atoms with Crippen LogP contribution < -0.4 is 10.2 Å². The van der Waals surface area contributed by atoms with Gasteiger partial charge < -0.3 is 10.2 Å². The van der Waals surface area contributed by atoms with Crippen LogP contribution in [0.15, 0.2) is 47.1 Å². The molecular formula is C22H28BrN3O. The summed E-state index contributed by atoms with van der Waals surface area (Å²) in [7, 11) is 0. The molecule has 0 spiro atoms. The topological polar surface area (TPSA) is 45.2 Å². The van der Waals surface area contributed by atoms with Crippen LogP contribution in [0.2, 0.25) is 0 Å². The monoisotopic (exact) mass is 429 g/mol. The molecule has 1 aliphatic carbocycles. The molecule has 1 aliphatic rings. The molecule has 1 aromatic carbocycles. The predicted octanol–water partition coefficient (Wildman–Crippen LogP) is 5.70. The van der Waals surface area contributed by atoms with Gasteiger partial charge in [0.1, 0.15) is 5.82 Å². The Balaban J connectivity index is 1.84. The first kappa shape index (κ1) is 19.9. The first-order valence-electron chi connectivity index (χ1n) is 9.83. The lowest BCUT2D eigenvalue weighted by atomic mass is 9.89. The van der Waals surface area contributed by atoms with Gasteiger partial charge in [0.25, 0.3) is 5.91 Å². The second kappa shape index (κ2) is 9.36. The largest absolute Gasteiger partial charge is 0.350 e. The number of anilines is 2. The highest BCUT2D eigenvalue weighted by atomic mass is 79.9. The van der Waals surface area contributed by atoms with Crippen molar-refractivity contribution in [3.63, 3.8) is 0 Å². The van der Waals surface area contributed by atoms with Gasteiger partial charge in [-0.25, -0.2) is 4.98 Å². The summed E-state index contributed by atoms with van der Waals surface area (Å²) in [5.41, 5.74) is 1.72. The first-order chi connectivity index (χ1) is 13.0. The Bertz CT molecular complexity index is 754. The highest BCUT2D eigenvalue weighted by molar-refractivity contribution is 9.10. The number of amides is 1. The molecule has 2 aromatic rings. The molecule has 0 atom stereocenters. The van der Waals surface area contributed by atoms with Crippen molar-refractivity contribution in [1.29, 1.82) is 0 Å². The highest BCUT2D eigenvalue weighted by Gasteiger charge is 2.20. The maximum atomic E-state index is 12.2. The number of hydrogen-bond donors (Lipinski definition) is 1. The molecule has 144 valence electrons. The van der Waals surface area contributed by atoms with E-state index in [0.717, 1.165) is 22.5 Å². The van der Waals surface area contributed by atoms with E-state index in [2.05, 4.69) is 49.3 Å². The number of carbonyl (C=O) groups excluding carboxylic acids is 1. The van der Waals surface area contributed by atoms with Crippen molar-refractivity contribution < 1.29 is 4.79 Å². The van der Waals surface area contributed by atoms with E-state index in [4.69, 9.17) is 0 Å². The molecule has 1 saturated carbocycles. The van der Waals surface area contributed by atoms with Crippen LogP contribution >= 0.6 is 15.9 Å². The second-order valence-electron chi connectivity index (χ2n) is 7.63. The molecule has 1 aromatic heterocycles. The molecule has 0 unspecified atom stereocenters. The number of rotatable bonds is 6. The summed E-state index contributed by atoms with van der Waals surface area (Å²) < 4.78 is 1.06. The minimum atomic E-state index is -0.0784. The van der Waals surface area contributed by atoms with Crippen molar-refractivity contribution >= 4 is 33.3 Å². The van der Waals surface area contributed by atoms with Gasteiger partial charge in [0.05, 0.1) is 5.56 Å². The summed E-state index contributed by atoms with van der Waals surface area (Å²) in [5, 5.41) is 2.91. The number of carbonyl (C=O) groups is 1. The quantitative estimate of drug-likeness (QED) is 0.640. The summed E-state index contributed by atoms with van der Waals surface area (Å²) in [6.07, 6.45) is 8.22. The van der Waals surface area contributed by atoms with Crippen LogP contribution in [0.5, 0.6) is 0 Å². The number of hydrogen-bond acceptors (Lipinski definition) is 3. The van der Waals surface area contributed by atoms with Gasteiger partial charge in [-0.05, 0) is 62.9 Å². The fourth-order valence-corrected chi connectivity index (χ4v) is 4.02. The number of nitrogens with zero attached hydrogens (tertiary/aromatic N) is 2. The Hall–Kier alpha value is -1.88. The molecule has 5 heteroatoms. The van der Waals surface area contributed by atoms with E-state index in [-0.39, 0.29) is 11.9 Å². The van der Waals surface area contributed by atoms with Crippen molar-refractivity contribution in [2.24, 2.45) is 5.92 Å². The molecule has 0 aliphatic heterocycles. The highest BCUT2D eigenvalue weighted by Crippen LogP contribution is 2.31. The molecular weight excluding hydrogens is 402 g/mol. The zero-order valence-electron chi connectivity index (χ0n) is 16.1. The van der Waals surface area contributed by atoms with Crippen LogP contribution in [0.3, 0.4) is 0 Å². The van der Waals surface area contributed by atoms with Crippen molar-refractivity contribution in [2.75, 3.05) is 11.4 Å². The number of benzene rings is 1. The average molecular weight is 430 g/mol. The third kappa shape index (κ3) is 5.55. The Labute approximate surface area is 170 Å². The molecule has 27 heavy (non-hydrogen) atoms. The number of nitrogens with one attached hydrogen (secondary N) is 1. The van der Waals surface area contributed by atoms with Crippen molar-refractivity contribution in [2.45, 2.75) is 52.0 Å². The van der Waals surface area contributed by atoms with Crippen LogP contribution in [0, 0.1) is 5.92 Å². The molecule has 0 bridgehead atoms. The van der Waals surface area contributed by atoms with Crippen LogP contribution in [0.25, 0.3) is 0 Å². The lowest BCUT2D eigenvalue weighted by molar-refractivity contribution is 0.0943. The average Bonchev–Trinajstić information content (AvgIpc) is 2.66. The molecule has 1 heterocycles. The summed E-state index contributed by atoms with van der Waals surface area (Å²) in [4.78, 5) is 19.1. The van der Waals surface area contributed by atoms with E-state index < -0.39 is 0 Å². The molecule has 1 N–H and O–H groups in total. The molecule has 3 rings (SSSR count). The van der Waals surface area contributed by atoms with Gasteiger partial charge in [0.15, 0.2) is 0 Å². The minimum Gasteiger partial charge on any atom is -0.350 e. The SMILES string of the molecule is CC(C)NC(=O)c1ccc(N(CC2CCCCC2)c2cccc(Br)c2)nc1. The number of aromatic nitrogens is 1. The zero-order valence-corrected chi connectivity index (χ0v) is 17.7. The number of halogens is 1. The van der Waals surface area contributed by atoms with Gasteiger partial charge in [0.2, 0.25) is 0 Å². The third-order valence-corrected chi connectivity index (χ3v) is 5.49. The van der Waals surface area contributed by atoms with E-state index in [0.29, 0.717) is 11.5 Å². The van der Waals surface area contributed by atoms with E-state index >= 15 is 0 Å². The summed E-state index contributed by atoms with van der Waals surface area (Å²) in [6.45, 7) is 4.87. The fraction of sp³-hybridized carbons (Fsp3) is 0.455. The molecule has 4 nitrogen and oxygen atoms in total. The fourth-order valence-electron chi connectivity index (χ4n) is 3.63. The Morgan fingerprint density at radius 3 is 2.63 bits per heavy atom. The first-order valence-corrected chi connectivity index (χ1v) is 10.6. The summed E-state index contributed by atoms with van der Waals surface area (Å²) >= 11 is 3.58. The third-order valence-electron chi connectivity index (χ3n) is 4.99. The van der Waals surface area contributed by atoms with E-state index in [1.54, 1.807) is 6.20 Å². The van der Waals surface area contributed by atoms with Gasteiger partial charge >= 0.3 is 0 Å². The Morgan fingerprint density at radius 2 is 2.00 bits per heavy atom. The van der Waals surface area contributed by atoms with Gasteiger partial charge in [-0.15, -0.1) is 0 Å². The predicted molar refractivity (Wildman–Crippen MR) is 115 cm³/mol. The van der Waals surface area contributed by atoms with Gasteiger partial charge in [-0.3, -0.25) is 4.79 Å². The van der Waals surface area contributed by atoms with Crippen LogP contribution in [-0.2, 0) is 0 Å². The smallest absolute Gasteiger partial charge is 0.253 e. The van der Waals surface area contributed by atoms with E-state index in [1.165, 1.54) is 32.1 Å².